The Balaban J connectivity index is 1.83. The smallest absolute Gasteiger partial charge is 0.0460 e. The van der Waals surface area contributed by atoms with E-state index in [0.29, 0.717) is 18.0 Å². The Kier molecular flexibility index (Phi) is 4.14. The molecule has 1 aliphatic heterocycles. The summed E-state index contributed by atoms with van der Waals surface area (Å²) in [5.41, 5.74) is 2.62. The van der Waals surface area contributed by atoms with E-state index in [0.717, 1.165) is 12.8 Å². The van der Waals surface area contributed by atoms with Crippen LogP contribution in [0.1, 0.15) is 36.1 Å². The van der Waals surface area contributed by atoms with Gasteiger partial charge >= 0.3 is 0 Å². The number of hydrogen-bond acceptors (Lipinski definition) is 2. The number of rotatable bonds is 3. The summed E-state index contributed by atoms with van der Waals surface area (Å²) in [7, 11) is 0. The fourth-order valence-corrected chi connectivity index (χ4v) is 3.13. The van der Waals surface area contributed by atoms with Gasteiger partial charge < -0.3 is 10.4 Å². The number of aliphatic hydroxyl groups is 1. The quantitative estimate of drug-likeness (QED) is 0.892. The van der Waals surface area contributed by atoms with E-state index in [1.54, 1.807) is 0 Å². The maximum Gasteiger partial charge on any atom is 0.0460 e. The second-order valence-corrected chi connectivity index (χ2v) is 5.61. The Bertz CT molecular complexity index is 478. The summed E-state index contributed by atoms with van der Waals surface area (Å²) in [6.45, 7) is 0.272. The summed E-state index contributed by atoms with van der Waals surface area (Å²) in [4.78, 5) is 0. The summed E-state index contributed by atoms with van der Waals surface area (Å²) in [5, 5.41) is 13.3. The number of hydrogen-bond donors (Lipinski definition) is 2. The van der Waals surface area contributed by atoms with Gasteiger partial charge in [-0.05, 0) is 29.9 Å². The van der Waals surface area contributed by atoms with Gasteiger partial charge in [-0.1, -0.05) is 60.7 Å². The van der Waals surface area contributed by atoms with Crippen LogP contribution in [0.5, 0.6) is 0 Å². The third-order valence-electron chi connectivity index (χ3n) is 4.20. The summed E-state index contributed by atoms with van der Waals surface area (Å²) < 4.78 is 0. The average molecular weight is 267 g/mol. The molecule has 0 aromatic heterocycles. The van der Waals surface area contributed by atoms with Crippen molar-refractivity contribution in [1.82, 2.24) is 5.32 Å². The molecule has 0 aliphatic carbocycles. The zero-order valence-corrected chi connectivity index (χ0v) is 11.6. The van der Waals surface area contributed by atoms with Crippen molar-refractivity contribution in [2.45, 2.75) is 24.9 Å². The van der Waals surface area contributed by atoms with Crippen molar-refractivity contribution < 1.29 is 5.11 Å². The Labute approximate surface area is 120 Å². The molecule has 1 fully saturated rings. The SMILES string of the molecule is OCC1C[C@@H](c2ccccc2)N[C@H](c2ccccc2)C1. The zero-order chi connectivity index (χ0) is 13.8. The summed E-state index contributed by atoms with van der Waals surface area (Å²) >= 11 is 0. The van der Waals surface area contributed by atoms with Crippen LogP contribution in [0, 0.1) is 5.92 Å². The topological polar surface area (TPSA) is 32.3 Å². The van der Waals surface area contributed by atoms with E-state index in [1.165, 1.54) is 11.1 Å². The fraction of sp³-hybridized carbons (Fsp3) is 0.333. The molecule has 0 saturated carbocycles. The molecule has 2 N–H and O–H groups in total. The summed E-state index contributed by atoms with van der Waals surface area (Å²) in [6, 6.07) is 21.7. The van der Waals surface area contributed by atoms with Gasteiger partial charge in [0.1, 0.15) is 0 Å². The Morgan fingerprint density at radius 2 is 1.25 bits per heavy atom. The molecule has 1 aliphatic rings. The van der Waals surface area contributed by atoms with Gasteiger partial charge in [0.2, 0.25) is 0 Å². The largest absolute Gasteiger partial charge is 0.396 e. The van der Waals surface area contributed by atoms with Crippen molar-refractivity contribution in [3.63, 3.8) is 0 Å². The van der Waals surface area contributed by atoms with E-state index in [4.69, 9.17) is 0 Å². The minimum absolute atomic E-state index is 0.272. The van der Waals surface area contributed by atoms with Crippen LogP contribution in [0.2, 0.25) is 0 Å². The molecule has 0 unspecified atom stereocenters. The van der Waals surface area contributed by atoms with Crippen molar-refractivity contribution in [3.05, 3.63) is 71.8 Å². The lowest BCUT2D eigenvalue weighted by atomic mass is 9.83. The first kappa shape index (κ1) is 13.3. The lowest BCUT2D eigenvalue weighted by Crippen LogP contribution is -2.36. The van der Waals surface area contributed by atoms with Crippen LogP contribution in [0.3, 0.4) is 0 Å². The molecule has 0 amide bonds. The lowest BCUT2D eigenvalue weighted by Gasteiger charge is -2.36. The van der Waals surface area contributed by atoms with Crippen molar-refractivity contribution in [2.24, 2.45) is 5.92 Å². The molecule has 3 rings (SSSR count). The minimum atomic E-state index is 0.272. The maximum atomic E-state index is 9.59. The van der Waals surface area contributed by atoms with Crippen molar-refractivity contribution in [1.29, 1.82) is 0 Å². The van der Waals surface area contributed by atoms with Crippen LogP contribution in [-0.4, -0.2) is 11.7 Å². The van der Waals surface area contributed by atoms with Crippen LogP contribution in [-0.2, 0) is 0 Å². The highest BCUT2D eigenvalue weighted by molar-refractivity contribution is 5.24. The highest BCUT2D eigenvalue weighted by Gasteiger charge is 2.29. The van der Waals surface area contributed by atoms with Gasteiger partial charge in [0, 0.05) is 18.7 Å². The van der Waals surface area contributed by atoms with Gasteiger partial charge in [-0.25, -0.2) is 0 Å². The predicted octanol–water partition coefficient (Wildman–Crippen LogP) is 3.46. The molecule has 0 spiro atoms. The van der Waals surface area contributed by atoms with Gasteiger partial charge in [0.25, 0.3) is 0 Å². The summed E-state index contributed by atoms with van der Waals surface area (Å²) in [6.07, 6.45) is 2.01. The van der Waals surface area contributed by atoms with Crippen LogP contribution in [0.4, 0.5) is 0 Å². The second-order valence-electron chi connectivity index (χ2n) is 5.61. The first-order valence-corrected chi connectivity index (χ1v) is 7.33. The predicted molar refractivity (Wildman–Crippen MR) is 81.3 cm³/mol. The van der Waals surface area contributed by atoms with Gasteiger partial charge in [0.05, 0.1) is 0 Å². The van der Waals surface area contributed by atoms with Crippen molar-refractivity contribution in [2.75, 3.05) is 6.61 Å². The normalized spacial score (nSPS) is 26.4. The van der Waals surface area contributed by atoms with Gasteiger partial charge in [0.15, 0.2) is 0 Å². The Morgan fingerprint density at radius 3 is 1.65 bits per heavy atom. The highest BCUT2D eigenvalue weighted by Crippen LogP contribution is 2.35. The number of piperidine rings is 1. The molecule has 2 aromatic rings. The maximum absolute atomic E-state index is 9.59. The van der Waals surface area contributed by atoms with E-state index in [2.05, 4.69) is 53.8 Å². The van der Waals surface area contributed by atoms with Crippen molar-refractivity contribution in [3.8, 4) is 0 Å². The van der Waals surface area contributed by atoms with E-state index in [-0.39, 0.29) is 6.61 Å². The molecule has 2 aromatic carbocycles. The van der Waals surface area contributed by atoms with Crippen LogP contribution in [0.25, 0.3) is 0 Å². The first-order chi connectivity index (χ1) is 9.86. The van der Waals surface area contributed by atoms with Gasteiger partial charge in [-0.3, -0.25) is 0 Å². The average Bonchev–Trinajstić information content (AvgIpc) is 2.56. The van der Waals surface area contributed by atoms with Crippen LogP contribution < -0.4 is 5.32 Å². The second kappa shape index (κ2) is 6.21. The molecule has 2 heteroatoms. The van der Waals surface area contributed by atoms with Crippen molar-refractivity contribution >= 4 is 0 Å². The molecular formula is C18H21NO. The number of benzene rings is 2. The summed E-state index contributed by atoms with van der Waals surface area (Å²) in [5.74, 6) is 0.367. The molecule has 20 heavy (non-hydrogen) atoms. The molecule has 104 valence electrons. The Morgan fingerprint density at radius 1 is 0.800 bits per heavy atom. The number of aliphatic hydroxyl groups excluding tert-OH is 1. The minimum Gasteiger partial charge on any atom is -0.396 e. The van der Waals surface area contributed by atoms with E-state index in [9.17, 15) is 5.11 Å². The number of nitrogens with one attached hydrogen (secondary N) is 1. The lowest BCUT2D eigenvalue weighted by molar-refractivity contribution is 0.152. The third kappa shape index (κ3) is 2.92. The van der Waals surface area contributed by atoms with E-state index >= 15 is 0 Å². The molecule has 2 atom stereocenters. The molecule has 0 radical (unpaired) electrons. The molecule has 2 nitrogen and oxygen atoms in total. The zero-order valence-electron chi connectivity index (χ0n) is 11.6. The van der Waals surface area contributed by atoms with Crippen LogP contribution >= 0.6 is 0 Å². The first-order valence-electron chi connectivity index (χ1n) is 7.33. The third-order valence-corrected chi connectivity index (χ3v) is 4.20. The standard InChI is InChI=1S/C18H21NO/c20-13-14-11-17(15-7-3-1-4-8-15)19-18(12-14)16-9-5-2-6-10-16/h1-10,14,17-20H,11-13H2/t17-,18-/m0/s1. The van der Waals surface area contributed by atoms with E-state index < -0.39 is 0 Å². The molecular weight excluding hydrogens is 246 g/mol. The fourth-order valence-electron chi connectivity index (χ4n) is 3.13. The molecule has 1 saturated heterocycles. The monoisotopic (exact) mass is 267 g/mol. The van der Waals surface area contributed by atoms with Gasteiger partial charge in [-0.15, -0.1) is 0 Å². The Hall–Kier alpha value is -1.64. The van der Waals surface area contributed by atoms with E-state index in [1.807, 2.05) is 12.1 Å². The van der Waals surface area contributed by atoms with Gasteiger partial charge in [-0.2, -0.15) is 0 Å². The highest BCUT2D eigenvalue weighted by atomic mass is 16.3. The van der Waals surface area contributed by atoms with Crippen LogP contribution in [0.15, 0.2) is 60.7 Å². The molecule has 1 heterocycles. The molecule has 0 bridgehead atoms.